The van der Waals surface area contributed by atoms with E-state index in [9.17, 15) is 0 Å². The largest absolute Gasteiger partial charge is 0.493 e. The summed E-state index contributed by atoms with van der Waals surface area (Å²) in [7, 11) is 2.06. The molecule has 0 radical (unpaired) electrons. The Balaban J connectivity index is 1.42. The highest BCUT2D eigenvalue weighted by Gasteiger charge is 2.20. The molecule has 1 aliphatic carbocycles. The first-order chi connectivity index (χ1) is 9.85. The lowest BCUT2D eigenvalue weighted by Crippen LogP contribution is -2.33. The van der Waals surface area contributed by atoms with Gasteiger partial charge in [-0.3, -0.25) is 0 Å². The van der Waals surface area contributed by atoms with Crippen LogP contribution in [0.5, 0.6) is 5.75 Å². The van der Waals surface area contributed by atoms with E-state index in [1.54, 1.807) is 0 Å². The predicted octanol–water partition coefficient (Wildman–Crippen LogP) is 2.71. The number of benzene rings is 1. The smallest absolute Gasteiger partial charge is 0.122 e. The molecular formula is C17H25NO2. The molecule has 1 aliphatic heterocycles. The minimum Gasteiger partial charge on any atom is -0.493 e. The molecule has 1 saturated carbocycles. The van der Waals surface area contributed by atoms with Crippen molar-refractivity contribution in [3.8, 4) is 5.75 Å². The normalized spacial score (nSPS) is 25.2. The molecule has 1 aromatic rings. The number of rotatable bonds is 5. The number of hydrogen-bond acceptors (Lipinski definition) is 3. The lowest BCUT2D eigenvalue weighted by molar-refractivity contribution is 0.0248. The Labute approximate surface area is 121 Å². The molecule has 1 heterocycles. The molecule has 0 atom stereocenters. The Kier molecular flexibility index (Phi) is 4.58. The van der Waals surface area contributed by atoms with Crippen molar-refractivity contribution in [2.24, 2.45) is 0 Å². The van der Waals surface area contributed by atoms with Crippen molar-refractivity contribution in [2.75, 3.05) is 20.3 Å². The summed E-state index contributed by atoms with van der Waals surface area (Å²) in [5.74, 6) is 1.07. The highest BCUT2D eigenvalue weighted by atomic mass is 16.5. The van der Waals surface area contributed by atoms with Gasteiger partial charge in [0.15, 0.2) is 0 Å². The first-order valence-electron chi connectivity index (χ1n) is 7.88. The van der Waals surface area contributed by atoms with Gasteiger partial charge in [0, 0.05) is 12.5 Å². The van der Waals surface area contributed by atoms with E-state index in [1.807, 2.05) is 0 Å². The van der Waals surface area contributed by atoms with Gasteiger partial charge in [0.05, 0.1) is 19.3 Å². The van der Waals surface area contributed by atoms with E-state index >= 15 is 0 Å². The quantitative estimate of drug-likeness (QED) is 0.896. The molecule has 20 heavy (non-hydrogen) atoms. The van der Waals surface area contributed by atoms with Gasteiger partial charge in [-0.1, -0.05) is 12.1 Å². The fraction of sp³-hybridized carbons (Fsp3) is 0.647. The number of fused-ring (bicyclic) bond motifs is 1. The maximum absolute atomic E-state index is 6.04. The van der Waals surface area contributed by atoms with Crippen molar-refractivity contribution in [3.05, 3.63) is 29.3 Å². The average molecular weight is 275 g/mol. The molecule has 1 N–H and O–H groups in total. The summed E-state index contributed by atoms with van der Waals surface area (Å²) in [5, 5.41) is 3.36. The second-order valence-electron chi connectivity index (χ2n) is 5.92. The third-order valence-electron chi connectivity index (χ3n) is 4.58. The molecule has 3 rings (SSSR count). The van der Waals surface area contributed by atoms with Gasteiger partial charge in [0.1, 0.15) is 5.75 Å². The van der Waals surface area contributed by atoms with Crippen molar-refractivity contribution in [1.29, 1.82) is 0 Å². The fourth-order valence-corrected chi connectivity index (χ4v) is 3.26. The number of nitrogens with one attached hydrogen (secondary N) is 1. The molecule has 0 bridgehead atoms. The minimum absolute atomic E-state index is 0.470. The zero-order chi connectivity index (χ0) is 13.8. The lowest BCUT2D eigenvalue weighted by atomic mass is 9.93. The first-order valence-corrected chi connectivity index (χ1v) is 7.88. The number of hydrogen-bond donors (Lipinski definition) is 1. The molecule has 1 aromatic carbocycles. The zero-order valence-electron chi connectivity index (χ0n) is 12.4. The summed E-state index contributed by atoms with van der Waals surface area (Å²) in [5.41, 5.74) is 2.73. The van der Waals surface area contributed by atoms with Crippen LogP contribution in [-0.4, -0.2) is 32.4 Å². The van der Waals surface area contributed by atoms with Gasteiger partial charge < -0.3 is 14.8 Å². The Hall–Kier alpha value is -1.06. The van der Waals surface area contributed by atoms with Crippen molar-refractivity contribution < 1.29 is 9.47 Å². The van der Waals surface area contributed by atoms with E-state index < -0.39 is 0 Å². The topological polar surface area (TPSA) is 30.5 Å². The van der Waals surface area contributed by atoms with Gasteiger partial charge >= 0.3 is 0 Å². The molecule has 3 heteroatoms. The van der Waals surface area contributed by atoms with Crippen LogP contribution in [0.3, 0.4) is 0 Å². The summed E-state index contributed by atoms with van der Waals surface area (Å²) in [4.78, 5) is 0. The van der Waals surface area contributed by atoms with Gasteiger partial charge in [-0.2, -0.15) is 0 Å². The molecule has 1 fully saturated rings. The Morgan fingerprint density at radius 3 is 2.90 bits per heavy atom. The van der Waals surface area contributed by atoms with E-state index in [1.165, 1.54) is 36.8 Å². The van der Waals surface area contributed by atoms with Crippen LogP contribution in [0.4, 0.5) is 0 Å². The van der Waals surface area contributed by atoms with Crippen molar-refractivity contribution in [1.82, 2.24) is 5.32 Å². The second-order valence-corrected chi connectivity index (χ2v) is 5.92. The summed E-state index contributed by atoms with van der Waals surface area (Å²) in [6.45, 7) is 1.68. The van der Waals surface area contributed by atoms with Crippen LogP contribution >= 0.6 is 0 Å². The maximum Gasteiger partial charge on any atom is 0.122 e. The molecule has 3 nitrogen and oxygen atoms in total. The van der Waals surface area contributed by atoms with Crippen molar-refractivity contribution in [3.63, 3.8) is 0 Å². The predicted molar refractivity (Wildman–Crippen MR) is 80.4 cm³/mol. The summed E-state index contributed by atoms with van der Waals surface area (Å²) >= 11 is 0. The highest BCUT2D eigenvalue weighted by Crippen LogP contribution is 2.26. The van der Waals surface area contributed by atoms with E-state index in [4.69, 9.17) is 9.47 Å². The lowest BCUT2D eigenvalue weighted by Gasteiger charge is -2.28. The monoisotopic (exact) mass is 275 g/mol. The zero-order valence-corrected chi connectivity index (χ0v) is 12.4. The fourth-order valence-electron chi connectivity index (χ4n) is 3.26. The van der Waals surface area contributed by atoms with E-state index in [-0.39, 0.29) is 0 Å². The van der Waals surface area contributed by atoms with Gasteiger partial charge in [-0.05, 0) is 56.3 Å². The Morgan fingerprint density at radius 2 is 2.10 bits per heavy atom. The summed E-state index contributed by atoms with van der Waals surface area (Å²) in [6, 6.07) is 7.26. The molecular weight excluding hydrogens is 250 g/mol. The first kappa shape index (κ1) is 13.9. The molecule has 0 aromatic heterocycles. The molecule has 0 unspecified atom stereocenters. The van der Waals surface area contributed by atoms with Crippen molar-refractivity contribution in [2.45, 2.75) is 50.7 Å². The molecule has 110 valence electrons. The van der Waals surface area contributed by atoms with Gasteiger partial charge in [-0.25, -0.2) is 0 Å². The summed E-state index contributed by atoms with van der Waals surface area (Å²) in [6.07, 6.45) is 7.43. The standard InChI is InChI=1S/C17H25NO2/c1-18-15-3-5-16(6-4-15)19-10-8-13-2-7-17-14(12-13)9-11-20-17/h2,7,12,15-16,18H,3-6,8-11H2,1H3. The van der Waals surface area contributed by atoms with Crippen LogP contribution < -0.4 is 10.1 Å². The molecule has 2 aliphatic rings. The Morgan fingerprint density at radius 1 is 1.25 bits per heavy atom. The SMILES string of the molecule is CNC1CCC(OCCc2ccc3c(c2)CCO3)CC1. The van der Waals surface area contributed by atoms with Crippen LogP contribution in [0.15, 0.2) is 18.2 Å². The van der Waals surface area contributed by atoms with E-state index in [0.717, 1.165) is 31.8 Å². The van der Waals surface area contributed by atoms with Crippen LogP contribution in [0.25, 0.3) is 0 Å². The van der Waals surface area contributed by atoms with Crippen LogP contribution in [0, 0.1) is 0 Å². The van der Waals surface area contributed by atoms with Gasteiger partial charge in [0.2, 0.25) is 0 Å². The third-order valence-corrected chi connectivity index (χ3v) is 4.58. The van der Waals surface area contributed by atoms with Gasteiger partial charge in [0.25, 0.3) is 0 Å². The third kappa shape index (κ3) is 3.33. The van der Waals surface area contributed by atoms with E-state index in [0.29, 0.717) is 12.1 Å². The average Bonchev–Trinajstić information content (AvgIpc) is 2.95. The summed E-state index contributed by atoms with van der Waals surface area (Å²) < 4.78 is 11.6. The Bertz CT molecular complexity index is 439. The maximum atomic E-state index is 6.04. The molecule has 0 saturated heterocycles. The van der Waals surface area contributed by atoms with Crippen LogP contribution in [-0.2, 0) is 17.6 Å². The number of ether oxygens (including phenoxy) is 2. The van der Waals surface area contributed by atoms with E-state index in [2.05, 4.69) is 30.6 Å². The highest BCUT2D eigenvalue weighted by molar-refractivity contribution is 5.39. The van der Waals surface area contributed by atoms with Gasteiger partial charge in [-0.15, -0.1) is 0 Å². The van der Waals surface area contributed by atoms with Crippen LogP contribution in [0.1, 0.15) is 36.8 Å². The molecule has 0 amide bonds. The van der Waals surface area contributed by atoms with Crippen molar-refractivity contribution >= 4 is 0 Å². The second kappa shape index (κ2) is 6.59. The van der Waals surface area contributed by atoms with Crippen LogP contribution in [0.2, 0.25) is 0 Å². The minimum atomic E-state index is 0.470. The molecule has 0 spiro atoms.